The van der Waals surface area contributed by atoms with Crippen molar-refractivity contribution >= 4 is 5.78 Å². The Hall–Kier alpha value is -2.29. The molecule has 1 rings (SSSR count). The molecule has 1 aromatic rings. The van der Waals surface area contributed by atoms with E-state index in [1.165, 1.54) is 0 Å². The standard InChI is InChI=1S/C16H18O3/c1-5-14(18-3)9-6-12(2)16(17)13-7-10-15(19-4)11-8-13/h5-11H,2H2,1,3-4H3. The monoisotopic (exact) mass is 258 g/mol. The lowest BCUT2D eigenvalue weighted by Crippen LogP contribution is -2.00. The second-order valence-corrected chi connectivity index (χ2v) is 3.81. The number of allylic oxidation sites excluding steroid dienone is 4. The van der Waals surface area contributed by atoms with E-state index in [0.717, 1.165) is 0 Å². The number of ketones is 1. The van der Waals surface area contributed by atoms with Crippen molar-refractivity contribution in [3.05, 3.63) is 66.0 Å². The summed E-state index contributed by atoms with van der Waals surface area (Å²) >= 11 is 0. The van der Waals surface area contributed by atoms with Crippen LogP contribution < -0.4 is 4.74 Å². The number of ether oxygens (including phenoxy) is 2. The summed E-state index contributed by atoms with van der Waals surface area (Å²) in [6.07, 6.45) is 5.16. The Morgan fingerprint density at radius 2 is 1.79 bits per heavy atom. The third-order valence-corrected chi connectivity index (χ3v) is 2.61. The van der Waals surface area contributed by atoms with Gasteiger partial charge in [-0.15, -0.1) is 0 Å². The molecule has 0 fully saturated rings. The Bertz CT molecular complexity index is 507. The van der Waals surface area contributed by atoms with Gasteiger partial charge in [-0.1, -0.05) is 6.58 Å². The lowest BCUT2D eigenvalue weighted by Gasteiger charge is -2.03. The van der Waals surface area contributed by atoms with Gasteiger partial charge in [0.25, 0.3) is 0 Å². The number of hydrogen-bond acceptors (Lipinski definition) is 3. The van der Waals surface area contributed by atoms with Crippen LogP contribution in [0.25, 0.3) is 0 Å². The van der Waals surface area contributed by atoms with Crippen molar-refractivity contribution < 1.29 is 14.3 Å². The highest BCUT2D eigenvalue weighted by molar-refractivity contribution is 6.10. The minimum atomic E-state index is -0.120. The number of benzene rings is 1. The molecule has 0 aromatic heterocycles. The highest BCUT2D eigenvalue weighted by Gasteiger charge is 2.07. The molecule has 0 atom stereocenters. The van der Waals surface area contributed by atoms with Crippen LogP contribution in [0, 0.1) is 0 Å². The van der Waals surface area contributed by atoms with Gasteiger partial charge in [-0.2, -0.15) is 0 Å². The van der Waals surface area contributed by atoms with Crippen molar-refractivity contribution in [3.8, 4) is 5.75 Å². The molecule has 0 aliphatic carbocycles. The molecule has 3 nitrogen and oxygen atoms in total. The van der Waals surface area contributed by atoms with Gasteiger partial charge in [0.1, 0.15) is 11.5 Å². The van der Waals surface area contributed by atoms with Crippen LogP contribution in [0.15, 0.2) is 60.4 Å². The van der Waals surface area contributed by atoms with E-state index in [1.807, 2.05) is 13.0 Å². The molecule has 0 N–H and O–H groups in total. The van der Waals surface area contributed by atoms with Crippen molar-refractivity contribution in [2.45, 2.75) is 6.92 Å². The molecule has 0 unspecified atom stereocenters. The third kappa shape index (κ3) is 4.14. The lowest BCUT2D eigenvalue weighted by atomic mass is 10.0. The zero-order valence-electron chi connectivity index (χ0n) is 11.5. The molecule has 0 bridgehead atoms. The number of Topliss-reactive ketones (excluding diaryl/α,β-unsaturated/α-hetero) is 1. The molecule has 0 amide bonds. The molecule has 0 aliphatic rings. The summed E-state index contributed by atoms with van der Waals surface area (Å²) in [5, 5.41) is 0. The van der Waals surface area contributed by atoms with Gasteiger partial charge >= 0.3 is 0 Å². The van der Waals surface area contributed by atoms with Gasteiger partial charge in [0.05, 0.1) is 14.2 Å². The van der Waals surface area contributed by atoms with Crippen molar-refractivity contribution in [1.82, 2.24) is 0 Å². The normalized spacial score (nSPS) is 11.4. The fourth-order valence-corrected chi connectivity index (χ4v) is 1.47. The summed E-state index contributed by atoms with van der Waals surface area (Å²) in [6, 6.07) is 6.92. The Kier molecular flexibility index (Phi) is 5.61. The molecule has 0 saturated carbocycles. The van der Waals surface area contributed by atoms with E-state index in [0.29, 0.717) is 22.6 Å². The summed E-state index contributed by atoms with van der Waals surface area (Å²) in [7, 11) is 3.16. The fraction of sp³-hybridized carbons (Fsp3) is 0.188. The highest BCUT2D eigenvalue weighted by Crippen LogP contribution is 2.15. The molecule has 0 aliphatic heterocycles. The van der Waals surface area contributed by atoms with E-state index >= 15 is 0 Å². The van der Waals surface area contributed by atoms with Crippen molar-refractivity contribution in [2.75, 3.05) is 14.2 Å². The average Bonchev–Trinajstić information content (AvgIpc) is 2.47. The number of carbonyl (C=O) groups excluding carboxylic acids is 1. The minimum absolute atomic E-state index is 0.120. The first-order chi connectivity index (χ1) is 9.12. The maximum atomic E-state index is 12.1. The van der Waals surface area contributed by atoms with Gasteiger partial charge in [0, 0.05) is 11.1 Å². The zero-order valence-corrected chi connectivity index (χ0v) is 11.5. The summed E-state index contributed by atoms with van der Waals surface area (Å²) in [5.41, 5.74) is 0.983. The van der Waals surface area contributed by atoms with E-state index in [4.69, 9.17) is 9.47 Å². The van der Waals surface area contributed by atoms with Crippen LogP contribution >= 0.6 is 0 Å². The first-order valence-electron chi connectivity index (χ1n) is 5.88. The smallest absolute Gasteiger partial charge is 0.192 e. The van der Waals surface area contributed by atoms with Gasteiger partial charge in [0.15, 0.2) is 5.78 Å². The zero-order chi connectivity index (χ0) is 14.3. The molecular formula is C16H18O3. The number of methoxy groups -OCH3 is 2. The number of hydrogen-bond donors (Lipinski definition) is 0. The van der Waals surface area contributed by atoms with Gasteiger partial charge in [-0.3, -0.25) is 4.79 Å². The summed E-state index contributed by atoms with van der Waals surface area (Å²) in [4.78, 5) is 12.1. The SMILES string of the molecule is C=C(C=CC(=CC)OC)C(=O)c1ccc(OC)cc1. The van der Waals surface area contributed by atoms with E-state index < -0.39 is 0 Å². The molecule has 19 heavy (non-hydrogen) atoms. The van der Waals surface area contributed by atoms with Crippen LogP contribution in [-0.2, 0) is 4.74 Å². The van der Waals surface area contributed by atoms with E-state index in [2.05, 4.69) is 6.58 Å². The highest BCUT2D eigenvalue weighted by atomic mass is 16.5. The molecule has 0 saturated heterocycles. The van der Waals surface area contributed by atoms with Crippen LogP contribution in [0.4, 0.5) is 0 Å². The van der Waals surface area contributed by atoms with Crippen molar-refractivity contribution in [1.29, 1.82) is 0 Å². The molecule has 1 aromatic carbocycles. The van der Waals surface area contributed by atoms with Crippen molar-refractivity contribution in [3.63, 3.8) is 0 Å². The predicted molar refractivity (Wildman–Crippen MR) is 76.4 cm³/mol. The summed E-state index contributed by atoms with van der Waals surface area (Å²) < 4.78 is 10.1. The largest absolute Gasteiger partial charge is 0.497 e. The van der Waals surface area contributed by atoms with Crippen LogP contribution in [0.1, 0.15) is 17.3 Å². The third-order valence-electron chi connectivity index (χ3n) is 2.61. The van der Waals surface area contributed by atoms with Gasteiger partial charge in [0.2, 0.25) is 0 Å². The Morgan fingerprint density at radius 3 is 2.26 bits per heavy atom. The molecule has 0 radical (unpaired) electrons. The van der Waals surface area contributed by atoms with Crippen LogP contribution in [0.5, 0.6) is 5.75 Å². The second kappa shape index (κ2) is 7.21. The lowest BCUT2D eigenvalue weighted by molar-refractivity contribution is 0.103. The molecule has 3 heteroatoms. The first-order valence-corrected chi connectivity index (χ1v) is 5.88. The van der Waals surface area contributed by atoms with E-state index in [9.17, 15) is 4.79 Å². The van der Waals surface area contributed by atoms with Crippen molar-refractivity contribution in [2.24, 2.45) is 0 Å². The maximum absolute atomic E-state index is 12.1. The topological polar surface area (TPSA) is 35.5 Å². The Balaban J connectivity index is 2.79. The average molecular weight is 258 g/mol. The van der Waals surface area contributed by atoms with E-state index in [-0.39, 0.29) is 5.78 Å². The first kappa shape index (κ1) is 14.8. The van der Waals surface area contributed by atoms with Gasteiger partial charge in [-0.05, 0) is 49.4 Å². The quantitative estimate of drug-likeness (QED) is 0.339. The molecule has 0 heterocycles. The number of carbonyl (C=O) groups is 1. The minimum Gasteiger partial charge on any atom is -0.497 e. The molecule has 100 valence electrons. The van der Waals surface area contributed by atoms with E-state index in [1.54, 1.807) is 50.6 Å². The molecule has 0 spiro atoms. The summed E-state index contributed by atoms with van der Waals surface area (Å²) in [6.45, 7) is 5.62. The molecular weight excluding hydrogens is 240 g/mol. The fourth-order valence-electron chi connectivity index (χ4n) is 1.47. The maximum Gasteiger partial charge on any atom is 0.192 e. The van der Waals surface area contributed by atoms with Crippen LogP contribution in [-0.4, -0.2) is 20.0 Å². The van der Waals surface area contributed by atoms with Gasteiger partial charge < -0.3 is 9.47 Å². The Labute approximate surface area is 113 Å². The Morgan fingerprint density at radius 1 is 1.16 bits per heavy atom. The second-order valence-electron chi connectivity index (χ2n) is 3.81. The van der Waals surface area contributed by atoms with Gasteiger partial charge in [-0.25, -0.2) is 0 Å². The predicted octanol–water partition coefficient (Wildman–Crippen LogP) is 3.54. The van der Waals surface area contributed by atoms with Crippen LogP contribution in [0.2, 0.25) is 0 Å². The summed E-state index contributed by atoms with van der Waals surface area (Å²) in [5.74, 6) is 1.28. The van der Waals surface area contributed by atoms with Crippen LogP contribution in [0.3, 0.4) is 0 Å². The number of rotatable bonds is 6.